The van der Waals surface area contributed by atoms with Crippen molar-refractivity contribution < 1.29 is 24.2 Å². The minimum Gasteiger partial charge on any atom is -0.396 e. The Hall–Kier alpha value is -2.19. The van der Waals surface area contributed by atoms with E-state index in [1.165, 1.54) is 6.42 Å². The Kier molecular flexibility index (Phi) is 8.01. The third kappa shape index (κ3) is 4.32. The molecule has 3 fully saturated rings. The number of nitrogens with zero attached hydrogens (tertiary/aromatic N) is 3. The van der Waals surface area contributed by atoms with Crippen LogP contribution in [0.15, 0.2) is 24.3 Å². The Labute approximate surface area is 227 Å². The number of unbranched alkanes of at least 4 members (excludes halogenated alkanes) is 2. The second-order valence-corrected chi connectivity index (χ2v) is 11.8. The Morgan fingerprint density at radius 1 is 0.895 bits per heavy atom. The zero-order chi connectivity index (χ0) is 26.9. The zero-order valence-electron chi connectivity index (χ0n) is 23.1. The van der Waals surface area contributed by atoms with Crippen molar-refractivity contribution in [2.24, 2.45) is 11.8 Å². The quantitative estimate of drug-likeness (QED) is 0.368. The number of likely N-dealkylation sites (tertiary alicyclic amines) is 1. The average Bonchev–Trinajstić information content (AvgIpc) is 3.21. The molecule has 4 aliphatic heterocycles. The van der Waals surface area contributed by atoms with Crippen LogP contribution in [0.3, 0.4) is 0 Å². The van der Waals surface area contributed by atoms with Crippen LogP contribution in [-0.2, 0) is 19.1 Å². The number of hydrogen-bond acceptors (Lipinski definition) is 5. The van der Waals surface area contributed by atoms with E-state index in [2.05, 4.69) is 6.92 Å². The van der Waals surface area contributed by atoms with Crippen molar-refractivity contribution in [3.63, 3.8) is 0 Å². The van der Waals surface area contributed by atoms with Gasteiger partial charge in [0.2, 0.25) is 17.7 Å². The summed E-state index contributed by atoms with van der Waals surface area (Å²) in [6, 6.07) is -0.596. The van der Waals surface area contributed by atoms with Crippen molar-refractivity contribution in [1.82, 2.24) is 14.7 Å². The van der Waals surface area contributed by atoms with Gasteiger partial charge in [-0.15, -0.1) is 0 Å². The number of ether oxygens (including phenoxy) is 1. The van der Waals surface area contributed by atoms with E-state index in [-0.39, 0.29) is 30.4 Å². The highest BCUT2D eigenvalue weighted by atomic mass is 16.5. The van der Waals surface area contributed by atoms with Crippen LogP contribution in [0.25, 0.3) is 0 Å². The van der Waals surface area contributed by atoms with Gasteiger partial charge in [-0.2, -0.15) is 0 Å². The fraction of sp³-hybridized carbons (Fsp3) is 0.767. The van der Waals surface area contributed by atoms with Crippen LogP contribution in [0.5, 0.6) is 0 Å². The molecular formula is C30H45N3O5. The highest BCUT2D eigenvalue weighted by Gasteiger charge is 2.75. The van der Waals surface area contributed by atoms with E-state index in [0.717, 1.165) is 38.5 Å². The first-order valence-electron chi connectivity index (χ1n) is 15.0. The van der Waals surface area contributed by atoms with Crippen LogP contribution in [0.4, 0.5) is 0 Å². The number of carbonyl (C=O) groups excluding carboxylic acids is 3. The van der Waals surface area contributed by atoms with Crippen LogP contribution in [0, 0.1) is 11.8 Å². The van der Waals surface area contributed by atoms with Crippen LogP contribution in [0.1, 0.15) is 78.1 Å². The third-order valence-electron chi connectivity index (χ3n) is 9.62. The van der Waals surface area contributed by atoms with E-state index >= 15 is 0 Å². The molecule has 0 radical (unpaired) electrons. The molecule has 8 heteroatoms. The van der Waals surface area contributed by atoms with Gasteiger partial charge in [-0.3, -0.25) is 14.4 Å². The fourth-order valence-corrected chi connectivity index (χ4v) is 7.83. The van der Waals surface area contributed by atoms with Crippen molar-refractivity contribution in [3.05, 3.63) is 24.3 Å². The van der Waals surface area contributed by atoms with Crippen LogP contribution >= 0.6 is 0 Å². The molecule has 1 spiro atoms. The molecule has 0 bridgehead atoms. The van der Waals surface area contributed by atoms with Crippen molar-refractivity contribution in [2.45, 2.75) is 101 Å². The van der Waals surface area contributed by atoms with Crippen LogP contribution < -0.4 is 0 Å². The molecule has 5 rings (SSSR count). The first-order chi connectivity index (χ1) is 18.4. The minimum absolute atomic E-state index is 0.0375. The number of hydrogen-bond donors (Lipinski definition) is 1. The number of amides is 3. The smallest absolute Gasteiger partial charge is 0.249 e. The number of rotatable bonds is 9. The molecule has 1 unspecified atom stereocenters. The molecular weight excluding hydrogens is 482 g/mol. The summed E-state index contributed by atoms with van der Waals surface area (Å²) in [5.41, 5.74) is -2.07. The Morgan fingerprint density at radius 3 is 2.37 bits per heavy atom. The maximum Gasteiger partial charge on any atom is 0.249 e. The molecule has 1 aliphatic carbocycles. The zero-order valence-corrected chi connectivity index (χ0v) is 23.1. The fourth-order valence-electron chi connectivity index (χ4n) is 7.83. The second-order valence-electron chi connectivity index (χ2n) is 11.8. The summed E-state index contributed by atoms with van der Waals surface area (Å²) in [6.07, 6.45) is 17.0. The van der Waals surface area contributed by atoms with Gasteiger partial charge in [0.1, 0.15) is 11.6 Å². The van der Waals surface area contributed by atoms with Gasteiger partial charge in [-0.25, -0.2) is 0 Å². The number of fused-ring (bicyclic) bond motifs is 2. The third-order valence-corrected chi connectivity index (χ3v) is 9.62. The summed E-state index contributed by atoms with van der Waals surface area (Å²) < 4.78 is 7.04. The van der Waals surface area contributed by atoms with E-state index < -0.39 is 29.1 Å². The summed E-state index contributed by atoms with van der Waals surface area (Å²) in [4.78, 5) is 48.6. The first-order valence-corrected chi connectivity index (χ1v) is 15.0. The Balaban J connectivity index is 1.57. The number of aliphatic hydroxyl groups excluding tert-OH is 1. The molecule has 210 valence electrons. The van der Waals surface area contributed by atoms with E-state index in [1.807, 2.05) is 41.0 Å². The van der Waals surface area contributed by atoms with Gasteiger partial charge < -0.3 is 24.5 Å². The highest BCUT2D eigenvalue weighted by molar-refractivity contribution is 6.00. The lowest BCUT2D eigenvalue weighted by Gasteiger charge is -2.40. The SMILES string of the molecule is CCCN1CC=C[C@@]2(CC)O[C@]34C=CCN(C5CCCCC5)C(=O)C3N(CCCCCO)C(=O)[C@@H]4[C@H]2C1=O. The van der Waals surface area contributed by atoms with E-state index in [1.54, 1.807) is 4.90 Å². The lowest BCUT2D eigenvalue weighted by atomic mass is 9.73. The molecule has 0 aromatic carbocycles. The highest BCUT2D eigenvalue weighted by Crippen LogP contribution is 2.58. The molecule has 1 saturated carbocycles. The molecule has 1 N–H and O–H groups in total. The second kappa shape index (κ2) is 11.1. The molecule has 5 atom stereocenters. The number of aliphatic hydroxyl groups is 1. The van der Waals surface area contributed by atoms with E-state index in [0.29, 0.717) is 45.4 Å². The van der Waals surface area contributed by atoms with Crippen LogP contribution in [-0.4, -0.2) is 93.6 Å². The predicted molar refractivity (Wildman–Crippen MR) is 144 cm³/mol. The summed E-state index contributed by atoms with van der Waals surface area (Å²) >= 11 is 0. The molecule has 8 nitrogen and oxygen atoms in total. The van der Waals surface area contributed by atoms with Gasteiger partial charge in [0.15, 0.2) is 0 Å². The molecule has 0 aromatic rings. The van der Waals surface area contributed by atoms with Crippen molar-refractivity contribution in [3.8, 4) is 0 Å². The van der Waals surface area contributed by atoms with Crippen molar-refractivity contribution in [2.75, 3.05) is 32.8 Å². The molecule has 38 heavy (non-hydrogen) atoms. The normalized spacial score (nSPS) is 35.4. The molecule has 3 amide bonds. The standard InChI is InChI=1S/C30H45N3O5/c1-3-17-31-18-11-15-29(4-2)23(26(31)35)24-27(36)33(19-9-6-10-21-34)25-28(37)32(22-13-7-5-8-14-22)20-12-16-30(24,25)38-29/h11-12,15-16,22-25,34H,3-10,13-14,17-21H2,1-2H3/t23-,24-,25?,29+,30-/m0/s1. The lowest BCUT2D eigenvalue weighted by molar-refractivity contribution is -0.155. The number of carbonyl (C=O) groups is 3. The topological polar surface area (TPSA) is 90.4 Å². The Bertz CT molecular complexity index is 975. The minimum atomic E-state index is -1.16. The largest absolute Gasteiger partial charge is 0.396 e. The summed E-state index contributed by atoms with van der Waals surface area (Å²) in [6.45, 7) is 6.27. The van der Waals surface area contributed by atoms with Gasteiger partial charge in [0.05, 0.1) is 17.4 Å². The van der Waals surface area contributed by atoms with Crippen LogP contribution in [0.2, 0.25) is 0 Å². The summed E-state index contributed by atoms with van der Waals surface area (Å²) in [5, 5.41) is 9.28. The Morgan fingerprint density at radius 2 is 1.66 bits per heavy atom. The predicted octanol–water partition coefficient (Wildman–Crippen LogP) is 3.05. The van der Waals surface area contributed by atoms with Gasteiger partial charge >= 0.3 is 0 Å². The monoisotopic (exact) mass is 527 g/mol. The van der Waals surface area contributed by atoms with Gasteiger partial charge in [-0.1, -0.05) is 57.4 Å². The maximum absolute atomic E-state index is 14.5. The molecule has 0 aromatic heterocycles. The molecule has 5 aliphatic rings. The average molecular weight is 528 g/mol. The van der Waals surface area contributed by atoms with Gasteiger partial charge in [-0.05, 0) is 44.9 Å². The summed E-state index contributed by atoms with van der Waals surface area (Å²) in [7, 11) is 0. The van der Waals surface area contributed by atoms with E-state index in [4.69, 9.17) is 4.74 Å². The van der Waals surface area contributed by atoms with Crippen molar-refractivity contribution in [1.29, 1.82) is 0 Å². The molecule has 4 heterocycles. The van der Waals surface area contributed by atoms with Crippen molar-refractivity contribution >= 4 is 17.7 Å². The maximum atomic E-state index is 14.5. The first kappa shape index (κ1) is 27.4. The van der Waals surface area contributed by atoms with Gasteiger partial charge in [0, 0.05) is 38.8 Å². The molecule has 2 saturated heterocycles. The lowest BCUT2D eigenvalue weighted by Crippen LogP contribution is -2.57. The van der Waals surface area contributed by atoms with E-state index in [9.17, 15) is 19.5 Å². The van der Waals surface area contributed by atoms with Gasteiger partial charge in [0.25, 0.3) is 0 Å². The summed E-state index contributed by atoms with van der Waals surface area (Å²) in [5.74, 6) is -1.60.